The van der Waals surface area contributed by atoms with Gasteiger partial charge in [0.15, 0.2) is 9.84 Å². The van der Waals surface area contributed by atoms with Crippen molar-refractivity contribution in [1.29, 1.82) is 0 Å². The standard InChI is InChI=1S/C23H20N2O2S/c1-28(26,27)21-14-12-19(13-15-21)22-16-24-25(20-10-6-3-7-11-20)17-23(22)18-8-4-2-5-9-18/h2-17,24H,1H3. The fourth-order valence-corrected chi connectivity index (χ4v) is 3.78. The SMILES string of the molecule is CS(=O)(=O)c1ccc(C2=CNN(c3ccccc3)C=C2c2ccccc2)cc1. The van der Waals surface area contributed by atoms with Crippen molar-refractivity contribution in [3.05, 3.63) is 108 Å². The van der Waals surface area contributed by atoms with Crippen LogP contribution in [0.2, 0.25) is 0 Å². The summed E-state index contributed by atoms with van der Waals surface area (Å²) in [6, 6.07) is 27.2. The summed E-state index contributed by atoms with van der Waals surface area (Å²) in [4.78, 5) is 0.316. The molecule has 4 nitrogen and oxygen atoms in total. The number of allylic oxidation sites excluding steroid dienone is 2. The Morgan fingerprint density at radius 1 is 0.714 bits per heavy atom. The molecule has 1 aliphatic rings. The van der Waals surface area contributed by atoms with Gasteiger partial charge < -0.3 is 5.43 Å². The maximum Gasteiger partial charge on any atom is 0.175 e. The van der Waals surface area contributed by atoms with Crippen LogP contribution in [0.15, 0.2) is 102 Å². The van der Waals surface area contributed by atoms with E-state index in [9.17, 15) is 8.42 Å². The third-order valence-corrected chi connectivity index (χ3v) is 5.74. The summed E-state index contributed by atoms with van der Waals surface area (Å²) in [6.45, 7) is 0. The van der Waals surface area contributed by atoms with E-state index in [1.165, 1.54) is 6.26 Å². The topological polar surface area (TPSA) is 49.4 Å². The van der Waals surface area contributed by atoms with Crippen LogP contribution in [0.5, 0.6) is 0 Å². The molecule has 0 aliphatic carbocycles. The summed E-state index contributed by atoms with van der Waals surface area (Å²) in [7, 11) is -3.22. The molecule has 1 N–H and O–H groups in total. The Morgan fingerprint density at radius 3 is 1.89 bits per heavy atom. The minimum absolute atomic E-state index is 0.316. The highest BCUT2D eigenvalue weighted by Crippen LogP contribution is 2.34. The van der Waals surface area contributed by atoms with Crippen LogP contribution in [0.1, 0.15) is 11.1 Å². The van der Waals surface area contributed by atoms with Gasteiger partial charge in [-0.2, -0.15) is 0 Å². The third-order valence-electron chi connectivity index (χ3n) is 4.61. The molecule has 4 rings (SSSR count). The van der Waals surface area contributed by atoms with Gasteiger partial charge in [-0.15, -0.1) is 0 Å². The number of benzene rings is 3. The predicted molar refractivity (Wildman–Crippen MR) is 114 cm³/mol. The van der Waals surface area contributed by atoms with Crippen LogP contribution in [0.3, 0.4) is 0 Å². The van der Waals surface area contributed by atoms with Crippen LogP contribution >= 0.6 is 0 Å². The monoisotopic (exact) mass is 388 g/mol. The molecule has 0 fully saturated rings. The van der Waals surface area contributed by atoms with Crippen LogP contribution in [0, 0.1) is 0 Å². The number of hydrogen-bond donors (Lipinski definition) is 1. The second kappa shape index (κ2) is 7.37. The van der Waals surface area contributed by atoms with Gasteiger partial charge in [0.05, 0.1) is 10.6 Å². The number of nitrogens with zero attached hydrogens (tertiary/aromatic N) is 1. The Hall–Kier alpha value is -3.31. The van der Waals surface area contributed by atoms with Gasteiger partial charge in [-0.1, -0.05) is 60.7 Å². The summed E-state index contributed by atoms with van der Waals surface area (Å²) in [6.07, 6.45) is 5.23. The molecule has 0 unspecified atom stereocenters. The van der Waals surface area contributed by atoms with Crippen molar-refractivity contribution in [3.63, 3.8) is 0 Å². The van der Waals surface area contributed by atoms with Gasteiger partial charge in [0.1, 0.15) is 0 Å². The molecule has 0 atom stereocenters. The van der Waals surface area contributed by atoms with E-state index >= 15 is 0 Å². The summed E-state index contributed by atoms with van der Waals surface area (Å²) in [5.74, 6) is 0. The fraction of sp³-hybridized carbons (Fsp3) is 0.0435. The molecule has 1 heterocycles. The maximum atomic E-state index is 11.8. The zero-order chi connectivity index (χ0) is 19.6. The molecule has 0 saturated carbocycles. The average molecular weight is 388 g/mol. The largest absolute Gasteiger partial charge is 0.301 e. The van der Waals surface area contributed by atoms with E-state index in [0.717, 1.165) is 28.0 Å². The Kier molecular flexibility index (Phi) is 4.75. The van der Waals surface area contributed by atoms with Crippen molar-refractivity contribution in [2.75, 3.05) is 11.3 Å². The smallest absolute Gasteiger partial charge is 0.175 e. The van der Waals surface area contributed by atoms with Crippen molar-refractivity contribution in [1.82, 2.24) is 5.43 Å². The number of anilines is 1. The Morgan fingerprint density at radius 2 is 1.29 bits per heavy atom. The van der Waals surface area contributed by atoms with Gasteiger partial charge in [-0.05, 0) is 35.4 Å². The van der Waals surface area contributed by atoms with Crippen LogP contribution < -0.4 is 10.4 Å². The molecule has 0 aromatic heterocycles. The first-order valence-corrected chi connectivity index (χ1v) is 10.8. The Bertz CT molecular complexity index is 1130. The van der Waals surface area contributed by atoms with E-state index in [1.807, 2.05) is 71.9 Å². The van der Waals surface area contributed by atoms with Crippen molar-refractivity contribution in [2.45, 2.75) is 4.90 Å². The molecule has 5 heteroatoms. The van der Waals surface area contributed by atoms with Gasteiger partial charge in [0.25, 0.3) is 0 Å². The second-order valence-corrected chi connectivity index (χ2v) is 8.61. The number of hydrogen-bond acceptors (Lipinski definition) is 4. The lowest BCUT2D eigenvalue weighted by atomic mass is 9.93. The summed E-state index contributed by atoms with van der Waals surface area (Å²) in [5, 5.41) is 1.97. The second-order valence-electron chi connectivity index (χ2n) is 6.60. The minimum atomic E-state index is -3.22. The van der Waals surface area contributed by atoms with Crippen LogP contribution in [-0.4, -0.2) is 14.7 Å². The number of sulfone groups is 1. The molecular formula is C23H20N2O2S. The van der Waals surface area contributed by atoms with Gasteiger partial charge in [0.2, 0.25) is 0 Å². The summed E-state index contributed by atoms with van der Waals surface area (Å²) >= 11 is 0. The number of para-hydroxylation sites is 1. The average Bonchev–Trinajstić information content (AvgIpc) is 2.74. The lowest BCUT2D eigenvalue weighted by Crippen LogP contribution is -2.32. The highest BCUT2D eigenvalue weighted by molar-refractivity contribution is 7.90. The van der Waals surface area contributed by atoms with E-state index in [0.29, 0.717) is 4.90 Å². The Balaban J connectivity index is 1.76. The van der Waals surface area contributed by atoms with Crippen molar-refractivity contribution in [2.24, 2.45) is 0 Å². The zero-order valence-corrected chi connectivity index (χ0v) is 16.2. The first-order valence-electron chi connectivity index (χ1n) is 8.91. The summed E-state index contributed by atoms with van der Waals surface area (Å²) in [5.41, 5.74) is 8.41. The molecule has 140 valence electrons. The molecule has 0 spiro atoms. The molecule has 0 saturated heterocycles. The molecule has 0 bridgehead atoms. The fourth-order valence-electron chi connectivity index (χ4n) is 3.15. The maximum absolute atomic E-state index is 11.8. The molecular weight excluding hydrogens is 368 g/mol. The van der Waals surface area contributed by atoms with E-state index in [2.05, 4.69) is 23.8 Å². The minimum Gasteiger partial charge on any atom is -0.301 e. The highest BCUT2D eigenvalue weighted by atomic mass is 32.2. The molecule has 0 radical (unpaired) electrons. The number of hydrazine groups is 1. The molecule has 0 amide bonds. The molecule has 3 aromatic carbocycles. The van der Waals surface area contributed by atoms with Crippen molar-refractivity contribution < 1.29 is 8.42 Å². The Labute approximate surface area is 165 Å². The quantitative estimate of drug-likeness (QED) is 0.715. The first-order chi connectivity index (χ1) is 13.5. The number of rotatable bonds is 4. The van der Waals surface area contributed by atoms with Gasteiger partial charge in [0, 0.05) is 29.8 Å². The van der Waals surface area contributed by atoms with E-state index in [1.54, 1.807) is 12.1 Å². The van der Waals surface area contributed by atoms with E-state index in [4.69, 9.17) is 0 Å². The third kappa shape index (κ3) is 3.70. The number of nitrogens with one attached hydrogen (secondary N) is 1. The zero-order valence-electron chi connectivity index (χ0n) is 15.4. The van der Waals surface area contributed by atoms with Crippen molar-refractivity contribution in [3.8, 4) is 0 Å². The summed E-state index contributed by atoms with van der Waals surface area (Å²) < 4.78 is 23.5. The highest BCUT2D eigenvalue weighted by Gasteiger charge is 2.18. The van der Waals surface area contributed by atoms with Crippen LogP contribution in [0.25, 0.3) is 11.1 Å². The van der Waals surface area contributed by atoms with Crippen molar-refractivity contribution >= 4 is 26.7 Å². The first kappa shape index (κ1) is 18.1. The van der Waals surface area contributed by atoms with Gasteiger partial charge in [-0.3, -0.25) is 5.01 Å². The molecule has 28 heavy (non-hydrogen) atoms. The van der Waals surface area contributed by atoms with E-state index < -0.39 is 9.84 Å². The lowest BCUT2D eigenvalue weighted by molar-refractivity contribution is 0.602. The molecule has 3 aromatic rings. The normalized spacial score (nSPS) is 14.1. The van der Waals surface area contributed by atoms with Gasteiger partial charge >= 0.3 is 0 Å². The van der Waals surface area contributed by atoms with Crippen LogP contribution in [-0.2, 0) is 9.84 Å². The lowest BCUT2D eigenvalue weighted by Gasteiger charge is -2.28. The van der Waals surface area contributed by atoms with Crippen LogP contribution in [0.4, 0.5) is 5.69 Å². The molecule has 1 aliphatic heterocycles. The van der Waals surface area contributed by atoms with Gasteiger partial charge in [-0.25, -0.2) is 8.42 Å². The van der Waals surface area contributed by atoms with E-state index in [-0.39, 0.29) is 0 Å². The predicted octanol–water partition coefficient (Wildman–Crippen LogP) is 4.50.